The molecule has 1 aliphatic heterocycles. The fourth-order valence-corrected chi connectivity index (χ4v) is 3.79. The molecule has 2 aromatic rings. The second kappa shape index (κ2) is 7.35. The number of nitrogens with one attached hydrogen (secondary N) is 1. The van der Waals surface area contributed by atoms with Crippen molar-refractivity contribution >= 4 is 23.0 Å². The number of amides is 3. The van der Waals surface area contributed by atoms with Gasteiger partial charge in [0.1, 0.15) is 5.52 Å². The number of carbonyl (C=O) groups excluding carboxylic acids is 2. The second-order valence-electron chi connectivity index (χ2n) is 7.13. The molecular weight excluding hydrogens is 332 g/mol. The van der Waals surface area contributed by atoms with Gasteiger partial charge in [0.2, 0.25) is 5.91 Å². The number of oxazole rings is 1. The van der Waals surface area contributed by atoms with Crippen molar-refractivity contribution in [3.05, 3.63) is 30.2 Å². The van der Waals surface area contributed by atoms with E-state index in [-0.39, 0.29) is 11.9 Å². The third kappa shape index (κ3) is 3.66. The summed E-state index contributed by atoms with van der Waals surface area (Å²) >= 11 is 0. The van der Waals surface area contributed by atoms with E-state index in [4.69, 9.17) is 4.42 Å². The van der Waals surface area contributed by atoms with Crippen LogP contribution in [-0.4, -0.2) is 58.9 Å². The molecule has 2 aliphatic rings. The number of fused-ring (bicyclic) bond motifs is 1. The summed E-state index contributed by atoms with van der Waals surface area (Å²) in [5, 5.41) is 3.11. The number of benzene rings is 1. The van der Waals surface area contributed by atoms with Gasteiger partial charge in [-0.05, 0) is 30.5 Å². The minimum atomic E-state index is 0.0137. The third-order valence-electron chi connectivity index (χ3n) is 5.35. The topological polar surface area (TPSA) is 78.7 Å². The minimum absolute atomic E-state index is 0.0137. The summed E-state index contributed by atoms with van der Waals surface area (Å²) in [6.07, 6.45) is 6.32. The van der Waals surface area contributed by atoms with Crippen LogP contribution in [0, 0.1) is 0 Å². The zero-order valence-electron chi connectivity index (χ0n) is 14.8. The number of hydrogen-bond acceptors (Lipinski definition) is 4. The maximum absolute atomic E-state index is 12.6. The summed E-state index contributed by atoms with van der Waals surface area (Å²) in [6, 6.07) is 5.99. The Morgan fingerprint density at radius 1 is 1.12 bits per heavy atom. The van der Waals surface area contributed by atoms with Gasteiger partial charge >= 0.3 is 6.03 Å². The largest absolute Gasteiger partial charge is 0.443 e. The Morgan fingerprint density at radius 2 is 1.85 bits per heavy atom. The van der Waals surface area contributed by atoms with Crippen molar-refractivity contribution in [2.45, 2.75) is 38.1 Å². The molecule has 0 radical (unpaired) electrons. The van der Waals surface area contributed by atoms with E-state index in [9.17, 15) is 9.59 Å². The Balaban J connectivity index is 1.28. The fourth-order valence-electron chi connectivity index (χ4n) is 3.79. The normalized spacial score (nSPS) is 18.5. The number of piperazine rings is 1. The van der Waals surface area contributed by atoms with Gasteiger partial charge in [-0.3, -0.25) is 4.79 Å². The monoisotopic (exact) mass is 356 g/mol. The lowest BCUT2D eigenvalue weighted by Crippen LogP contribution is -2.54. The molecule has 1 saturated carbocycles. The predicted octanol–water partition coefficient (Wildman–Crippen LogP) is 2.17. The SMILES string of the molecule is O=C(Cc1ccc2ncoc2c1)N1CCN(C(=O)NC2CCCC2)CC1. The van der Waals surface area contributed by atoms with Crippen molar-refractivity contribution < 1.29 is 14.0 Å². The Kier molecular flexibility index (Phi) is 4.77. The summed E-state index contributed by atoms with van der Waals surface area (Å²) in [5.41, 5.74) is 2.41. The molecule has 7 heteroatoms. The van der Waals surface area contributed by atoms with Crippen LogP contribution in [0.25, 0.3) is 11.1 Å². The molecule has 26 heavy (non-hydrogen) atoms. The molecule has 1 aromatic heterocycles. The van der Waals surface area contributed by atoms with E-state index in [1.165, 1.54) is 19.2 Å². The highest BCUT2D eigenvalue weighted by Gasteiger charge is 2.26. The first-order chi connectivity index (χ1) is 12.7. The molecule has 1 N–H and O–H groups in total. The van der Waals surface area contributed by atoms with Crippen LogP contribution >= 0.6 is 0 Å². The lowest BCUT2D eigenvalue weighted by Gasteiger charge is -2.35. The molecule has 0 bridgehead atoms. The van der Waals surface area contributed by atoms with Crippen molar-refractivity contribution in [2.24, 2.45) is 0 Å². The number of aromatic nitrogens is 1. The molecule has 138 valence electrons. The van der Waals surface area contributed by atoms with E-state index in [1.807, 2.05) is 28.0 Å². The van der Waals surface area contributed by atoms with E-state index in [1.54, 1.807) is 0 Å². The van der Waals surface area contributed by atoms with Crippen LogP contribution < -0.4 is 5.32 Å². The van der Waals surface area contributed by atoms with Crippen molar-refractivity contribution in [3.8, 4) is 0 Å². The van der Waals surface area contributed by atoms with Crippen LogP contribution in [0.15, 0.2) is 29.0 Å². The van der Waals surface area contributed by atoms with Crippen LogP contribution in [-0.2, 0) is 11.2 Å². The van der Waals surface area contributed by atoms with Gasteiger partial charge in [-0.25, -0.2) is 9.78 Å². The van der Waals surface area contributed by atoms with Crippen LogP contribution in [0.5, 0.6) is 0 Å². The third-order valence-corrected chi connectivity index (χ3v) is 5.35. The van der Waals surface area contributed by atoms with Crippen LogP contribution in [0.1, 0.15) is 31.2 Å². The van der Waals surface area contributed by atoms with E-state index in [0.717, 1.165) is 23.9 Å². The summed E-state index contributed by atoms with van der Waals surface area (Å²) in [5.74, 6) is 0.0831. The van der Waals surface area contributed by atoms with Gasteiger partial charge in [-0.2, -0.15) is 0 Å². The lowest BCUT2D eigenvalue weighted by atomic mass is 10.1. The second-order valence-corrected chi connectivity index (χ2v) is 7.13. The Morgan fingerprint density at radius 3 is 2.62 bits per heavy atom. The zero-order valence-corrected chi connectivity index (χ0v) is 14.8. The molecule has 1 aliphatic carbocycles. The number of hydrogen-bond donors (Lipinski definition) is 1. The van der Waals surface area contributed by atoms with Crippen molar-refractivity contribution in [1.29, 1.82) is 0 Å². The van der Waals surface area contributed by atoms with Crippen molar-refractivity contribution in [2.75, 3.05) is 26.2 Å². The molecular formula is C19H24N4O3. The Bertz CT molecular complexity index is 789. The molecule has 4 rings (SSSR count). The van der Waals surface area contributed by atoms with Gasteiger partial charge in [0, 0.05) is 32.2 Å². The van der Waals surface area contributed by atoms with Crippen LogP contribution in [0.3, 0.4) is 0 Å². The fraction of sp³-hybridized carbons (Fsp3) is 0.526. The molecule has 0 unspecified atom stereocenters. The smallest absolute Gasteiger partial charge is 0.317 e. The van der Waals surface area contributed by atoms with E-state index in [0.29, 0.717) is 44.2 Å². The molecule has 2 heterocycles. The van der Waals surface area contributed by atoms with Gasteiger partial charge in [0.05, 0.1) is 6.42 Å². The van der Waals surface area contributed by atoms with E-state index < -0.39 is 0 Å². The molecule has 3 amide bonds. The first kappa shape index (κ1) is 16.9. The highest BCUT2D eigenvalue weighted by atomic mass is 16.3. The average molecular weight is 356 g/mol. The highest BCUT2D eigenvalue weighted by Crippen LogP contribution is 2.18. The average Bonchev–Trinajstić information content (AvgIpc) is 3.33. The number of nitrogens with zero attached hydrogens (tertiary/aromatic N) is 3. The van der Waals surface area contributed by atoms with Crippen molar-refractivity contribution in [3.63, 3.8) is 0 Å². The molecule has 2 fully saturated rings. The number of carbonyl (C=O) groups is 2. The summed E-state index contributed by atoms with van der Waals surface area (Å²) in [6.45, 7) is 2.35. The van der Waals surface area contributed by atoms with Gasteiger partial charge in [0.25, 0.3) is 0 Å². The first-order valence-electron chi connectivity index (χ1n) is 9.34. The quantitative estimate of drug-likeness (QED) is 0.914. The molecule has 1 saturated heterocycles. The van der Waals surface area contributed by atoms with Gasteiger partial charge in [-0.1, -0.05) is 18.9 Å². The van der Waals surface area contributed by atoms with Gasteiger partial charge in [-0.15, -0.1) is 0 Å². The first-order valence-corrected chi connectivity index (χ1v) is 9.34. The Labute approximate surface area is 152 Å². The highest BCUT2D eigenvalue weighted by molar-refractivity contribution is 5.81. The Hall–Kier alpha value is -2.57. The van der Waals surface area contributed by atoms with Crippen LogP contribution in [0.4, 0.5) is 4.79 Å². The maximum Gasteiger partial charge on any atom is 0.317 e. The molecule has 1 aromatic carbocycles. The zero-order chi connectivity index (χ0) is 17.9. The molecule has 7 nitrogen and oxygen atoms in total. The summed E-state index contributed by atoms with van der Waals surface area (Å²) in [7, 11) is 0. The molecule has 0 atom stereocenters. The predicted molar refractivity (Wildman–Crippen MR) is 96.7 cm³/mol. The maximum atomic E-state index is 12.6. The number of urea groups is 1. The number of rotatable bonds is 3. The summed E-state index contributed by atoms with van der Waals surface area (Å²) < 4.78 is 5.29. The van der Waals surface area contributed by atoms with Gasteiger partial charge < -0.3 is 19.5 Å². The van der Waals surface area contributed by atoms with E-state index >= 15 is 0 Å². The lowest BCUT2D eigenvalue weighted by molar-refractivity contribution is -0.131. The van der Waals surface area contributed by atoms with Gasteiger partial charge in [0.15, 0.2) is 12.0 Å². The summed E-state index contributed by atoms with van der Waals surface area (Å²) in [4.78, 5) is 32.6. The van der Waals surface area contributed by atoms with Crippen LogP contribution in [0.2, 0.25) is 0 Å². The van der Waals surface area contributed by atoms with Crippen molar-refractivity contribution in [1.82, 2.24) is 20.1 Å². The minimum Gasteiger partial charge on any atom is -0.443 e. The standard InChI is InChI=1S/C19H24N4O3/c24-18(12-14-5-6-16-17(11-14)26-13-20-16)22-7-9-23(10-8-22)19(25)21-15-3-1-2-4-15/h5-6,11,13,15H,1-4,7-10,12H2,(H,21,25). The van der Waals surface area contributed by atoms with E-state index in [2.05, 4.69) is 10.3 Å². The molecule has 0 spiro atoms.